The molecular weight excluding hydrogens is 266 g/mol. The van der Waals surface area contributed by atoms with E-state index in [1.54, 1.807) is 0 Å². The lowest BCUT2D eigenvalue weighted by Crippen LogP contribution is -2.58. The highest BCUT2D eigenvalue weighted by Crippen LogP contribution is 2.48. The van der Waals surface area contributed by atoms with Crippen molar-refractivity contribution in [3.63, 3.8) is 0 Å². The Morgan fingerprint density at radius 2 is 1.56 bits per heavy atom. The number of hydrogen-bond acceptors (Lipinski definition) is 2. The van der Waals surface area contributed by atoms with Crippen LogP contribution in [0.3, 0.4) is 0 Å². The van der Waals surface area contributed by atoms with E-state index in [1.807, 2.05) is 0 Å². The number of carbonyl (C=O) groups is 1. The van der Waals surface area contributed by atoms with Gasteiger partial charge in [0.05, 0.1) is 0 Å². The molecule has 0 saturated heterocycles. The van der Waals surface area contributed by atoms with Crippen molar-refractivity contribution < 1.29 is 35.9 Å². The van der Waals surface area contributed by atoms with Gasteiger partial charge in [-0.15, -0.1) is 6.42 Å². The van der Waals surface area contributed by atoms with Gasteiger partial charge in [-0.3, -0.25) is 0 Å². The Balaban J connectivity index is 5.29. The van der Waals surface area contributed by atoms with Gasteiger partial charge in [0.15, 0.2) is 6.61 Å². The van der Waals surface area contributed by atoms with E-state index < -0.39 is 29.8 Å². The summed E-state index contributed by atoms with van der Waals surface area (Å²) in [5, 5.41) is 0. The minimum absolute atomic E-state index is 1.04. The molecule has 0 aromatic carbocycles. The van der Waals surface area contributed by atoms with Gasteiger partial charge >= 0.3 is 23.2 Å². The molecule has 0 bridgehead atoms. The molecule has 0 atom stereocenters. The molecule has 0 heterocycles. The van der Waals surface area contributed by atoms with Crippen molar-refractivity contribution in [2.75, 3.05) is 6.61 Å². The molecule has 2 nitrogen and oxygen atoms in total. The van der Waals surface area contributed by atoms with Crippen molar-refractivity contribution in [3.8, 4) is 12.3 Å². The second kappa shape index (κ2) is 4.41. The molecule has 9 heteroatoms. The van der Waals surface area contributed by atoms with Crippen LogP contribution in [0.15, 0.2) is 0 Å². The van der Waals surface area contributed by atoms with E-state index in [1.165, 1.54) is 5.92 Å². The predicted octanol–water partition coefficient (Wildman–Crippen LogP) is 2.27. The first-order chi connectivity index (χ1) is 6.98. The van der Waals surface area contributed by atoms with Crippen LogP contribution in [0.2, 0.25) is 0 Å². The van der Waals surface area contributed by atoms with Crippen LogP contribution in [0.4, 0.5) is 26.3 Å². The maximum Gasteiger partial charge on any atom is 0.427 e. The van der Waals surface area contributed by atoms with Crippen molar-refractivity contribution >= 4 is 17.6 Å². The van der Waals surface area contributed by atoms with Gasteiger partial charge in [0.1, 0.15) is 0 Å². The molecule has 0 saturated carbocycles. The molecule has 0 aromatic heterocycles. The van der Waals surface area contributed by atoms with Crippen molar-refractivity contribution in [3.05, 3.63) is 0 Å². The smallest absolute Gasteiger partial charge is 0.427 e. The van der Waals surface area contributed by atoms with Crippen LogP contribution >= 0.6 is 11.6 Å². The average molecular weight is 269 g/mol. The van der Waals surface area contributed by atoms with Gasteiger partial charge in [-0.05, 0) is 0 Å². The van der Waals surface area contributed by atoms with E-state index in [-0.39, 0.29) is 0 Å². The van der Waals surface area contributed by atoms with Gasteiger partial charge < -0.3 is 4.74 Å². The van der Waals surface area contributed by atoms with Crippen molar-refractivity contribution in [1.29, 1.82) is 0 Å². The first-order valence-corrected chi connectivity index (χ1v) is 3.79. The van der Waals surface area contributed by atoms with Crippen LogP contribution in [0.1, 0.15) is 0 Å². The van der Waals surface area contributed by atoms with E-state index >= 15 is 0 Å². The summed E-state index contributed by atoms with van der Waals surface area (Å²) in [5.74, 6) is -1.16. The second-order valence-corrected chi connectivity index (χ2v) is 3.00. The largest absolute Gasteiger partial charge is 0.451 e. The van der Waals surface area contributed by atoms with Crippen molar-refractivity contribution in [2.45, 2.75) is 17.2 Å². The number of carbonyl (C=O) groups excluding carboxylic acids is 1. The van der Waals surface area contributed by atoms with Crippen molar-refractivity contribution in [2.24, 2.45) is 0 Å². The van der Waals surface area contributed by atoms with Gasteiger partial charge in [0, 0.05) is 0 Å². The number of halogens is 7. The molecule has 0 radical (unpaired) electrons. The minimum Gasteiger partial charge on any atom is -0.451 e. The molecule has 0 aliphatic rings. The fraction of sp³-hybridized carbons (Fsp3) is 0.571. The molecule has 0 unspecified atom stereocenters. The number of alkyl halides is 7. The van der Waals surface area contributed by atoms with Gasteiger partial charge in [-0.25, -0.2) is 4.79 Å². The zero-order chi connectivity index (χ0) is 13.2. The monoisotopic (exact) mass is 268 g/mol. The molecular formula is C7H3ClF6O2. The molecule has 92 valence electrons. The third-order valence-corrected chi connectivity index (χ3v) is 1.93. The third kappa shape index (κ3) is 2.52. The topological polar surface area (TPSA) is 26.3 Å². The number of rotatable bonds is 2. The van der Waals surface area contributed by atoms with Gasteiger partial charge in [-0.1, -0.05) is 17.5 Å². The van der Waals surface area contributed by atoms with Gasteiger partial charge in [0.25, 0.3) is 0 Å². The Kier molecular flexibility index (Phi) is 4.11. The normalized spacial score (nSPS) is 13.1. The summed E-state index contributed by atoms with van der Waals surface area (Å²) in [5.41, 5.74) is 0. The summed E-state index contributed by atoms with van der Waals surface area (Å²) in [7, 11) is 0. The van der Waals surface area contributed by atoms with Crippen LogP contribution in [0, 0.1) is 12.3 Å². The lowest BCUT2D eigenvalue weighted by atomic mass is 10.1. The summed E-state index contributed by atoms with van der Waals surface area (Å²) >= 11 is 4.28. The molecule has 0 rings (SSSR count). The SMILES string of the molecule is C#CCOC(=O)C(Cl)(C(F)(F)F)C(F)(F)F. The Labute approximate surface area is 90.5 Å². The van der Waals surface area contributed by atoms with Gasteiger partial charge in [-0.2, -0.15) is 26.3 Å². The summed E-state index contributed by atoms with van der Waals surface area (Å²) in [6, 6.07) is 0. The number of hydrogen-bond donors (Lipinski definition) is 0. The second-order valence-electron chi connectivity index (χ2n) is 2.43. The molecule has 0 aliphatic heterocycles. The lowest BCUT2D eigenvalue weighted by molar-refractivity contribution is -0.267. The minimum atomic E-state index is -6.04. The van der Waals surface area contributed by atoms with Gasteiger partial charge in [0.2, 0.25) is 0 Å². The van der Waals surface area contributed by atoms with Crippen LogP contribution in [-0.2, 0) is 9.53 Å². The highest BCUT2D eigenvalue weighted by atomic mass is 35.5. The van der Waals surface area contributed by atoms with Crippen LogP contribution in [-0.4, -0.2) is 29.8 Å². The number of ether oxygens (including phenoxy) is 1. The predicted molar refractivity (Wildman–Crippen MR) is 40.5 cm³/mol. The maximum atomic E-state index is 12.1. The lowest BCUT2D eigenvalue weighted by Gasteiger charge is -2.28. The zero-order valence-corrected chi connectivity index (χ0v) is 8.00. The molecule has 0 amide bonds. The Hall–Kier alpha value is -1.10. The summed E-state index contributed by atoms with van der Waals surface area (Å²) < 4.78 is 76.0. The van der Waals surface area contributed by atoms with Crippen LogP contribution in [0.5, 0.6) is 0 Å². The highest BCUT2D eigenvalue weighted by molar-refractivity contribution is 6.35. The fourth-order valence-corrected chi connectivity index (χ4v) is 0.653. The number of terminal acetylenes is 1. The van der Waals surface area contributed by atoms with Crippen molar-refractivity contribution in [1.82, 2.24) is 0 Å². The zero-order valence-electron chi connectivity index (χ0n) is 7.25. The maximum absolute atomic E-state index is 12.1. The number of esters is 1. The Bertz CT molecular complexity index is 298. The van der Waals surface area contributed by atoms with E-state index in [9.17, 15) is 31.1 Å². The molecule has 0 fully saturated rings. The van der Waals surface area contributed by atoms with E-state index in [0.717, 1.165) is 0 Å². The molecule has 0 spiro atoms. The first-order valence-electron chi connectivity index (χ1n) is 3.41. The molecule has 0 aliphatic carbocycles. The fourth-order valence-electron chi connectivity index (χ4n) is 0.599. The standard InChI is InChI=1S/C7H3ClF6O2/c1-2-3-16-4(15)5(8,6(9,10)11)7(12,13)14/h1H,3H2. The molecule has 0 aromatic rings. The van der Waals surface area contributed by atoms with Crippen LogP contribution < -0.4 is 0 Å². The summed E-state index contributed by atoms with van der Waals surface area (Å²) in [4.78, 5) is 5.53. The summed E-state index contributed by atoms with van der Waals surface area (Å²) in [6.45, 7) is -1.04. The first kappa shape index (κ1) is 14.9. The molecule has 16 heavy (non-hydrogen) atoms. The average Bonchev–Trinajstić information content (AvgIpc) is 2.08. The van der Waals surface area contributed by atoms with E-state index in [2.05, 4.69) is 22.8 Å². The van der Waals surface area contributed by atoms with E-state index in [4.69, 9.17) is 0 Å². The molecule has 0 N–H and O–H groups in total. The third-order valence-electron chi connectivity index (χ3n) is 1.35. The highest BCUT2D eigenvalue weighted by Gasteiger charge is 2.76. The van der Waals surface area contributed by atoms with Crippen LogP contribution in [0.25, 0.3) is 0 Å². The van der Waals surface area contributed by atoms with E-state index in [0.29, 0.717) is 0 Å². The Morgan fingerprint density at radius 1 is 1.19 bits per heavy atom. The quantitative estimate of drug-likeness (QED) is 0.332. The Morgan fingerprint density at radius 3 is 1.81 bits per heavy atom. The summed E-state index contributed by atoms with van der Waals surface area (Å²) in [6.07, 6.45) is -7.58.